The van der Waals surface area contributed by atoms with Crippen molar-refractivity contribution in [1.82, 2.24) is 0 Å². The van der Waals surface area contributed by atoms with Crippen molar-refractivity contribution in [2.75, 3.05) is 13.3 Å². The van der Waals surface area contributed by atoms with Crippen molar-refractivity contribution < 1.29 is 9.13 Å². The van der Waals surface area contributed by atoms with Crippen LogP contribution >= 0.6 is 15.9 Å². The lowest BCUT2D eigenvalue weighted by molar-refractivity contribution is 0.272. The van der Waals surface area contributed by atoms with Gasteiger partial charge in [0.1, 0.15) is 19.0 Å². The molecule has 0 radical (unpaired) electrons. The first-order chi connectivity index (χ1) is 7.63. The van der Waals surface area contributed by atoms with Gasteiger partial charge in [-0.1, -0.05) is 6.07 Å². The molecule has 88 valence electrons. The number of hydrogen-bond acceptors (Lipinski definition) is 2. The van der Waals surface area contributed by atoms with Crippen LogP contribution in [0.1, 0.15) is 5.56 Å². The van der Waals surface area contributed by atoms with Gasteiger partial charge in [-0.3, -0.25) is 0 Å². The molecule has 0 bridgehead atoms. The second-order valence-electron chi connectivity index (χ2n) is 3.04. The molecule has 1 aromatic carbocycles. The summed E-state index contributed by atoms with van der Waals surface area (Å²) < 4.78 is 17.8. The highest BCUT2D eigenvalue weighted by molar-refractivity contribution is 9.10. The zero-order valence-electron chi connectivity index (χ0n) is 8.62. The van der Waals surface area contributed by atoms with Crippen LogP contribution in [-0.2, 0) is 6.54 Å². The number of nitrogens with zero attached hydrogens (tertiary/aromatic N) is 1. The second kappa shape index (κ2) is 6.32. The number of guanidine groups is 1. The lowest BCUT2D eigenvalue weighted by Gasteiger charge is -2.07. The summed E-state index contributed by atoms with van der Waals surface area (Å²) in [7, 11) is 0. The van der Waals surface area contributed by atoms with Crippen molar-refractivity contribution in [1.29, 1.82) is 0 Å². The van der Waals surface area contributed by atoms with E-state index in [0.717, 1.165) is 10.0 Å². The molecule has 0 unspecified atom stereocenters. The van der Waals surface area contributed by atoms with E-state index < -0.39 is 6.67 Å². The molecule has 6 heteroatoms. The monoisotopic (exact) mass is 288 g/mol. The average Bonchev–Trinajstić information content (AvgIpc) is 2.25. The smallest absolute Gasteiger partial charge is 0.186 e. The number of nitrogens with two attached hydrogens (primary N) is 2. The zero-order valence-corrected chi connectivity index (χ0v) is 10.2. The third kappa shape index (κ3) is 4.06. The largest absolute Gasteiger partial charge is 0.490 e. The first kappa shape index (κ1) is 12.8. The fourth-order valence-corrected chi connectivity index (χ4v) is 1.63. The van der Waals surface area contributed by atoms with Crippen LogP contribution in [0.5, 0.6) is 5.75 Å². The highest BCUT2D eigenvalue weighted by Crippen LogP contribution is 2.26. The van der Waals surface area contributed by atoms with Gasteiger partial charge in [-0.2, -0.15) is 0 Å². The minimum Gasteiger partial charge on any atom is -0.490 e. The number of ether oxygens (including phenoxy) is 1. The maximum absolute atomic E-state index is 11.9. The zero-order chi connectivity index (χ0) is 12.0. The summed E-state index contributed by atoms with van der Waals surface area (Å²) in [5.74, 6) is 0.653. The van der Waals surface area contributed by atoms with Gasteiger partial charge in [-0.05, 0) is 33.6 Å². The molecule has 0 spiro atoms. The van der Waals surface area contributed by atoms with E-state index in [1.54, 1.807) is 6.07 Å². The number of hydrogen-bond donors (Lipinski definition) is 2. The Bertz CT molecular complexity index is 380. The van der Waals surface area contributed by atoms with Crippen LogP contribution in [0.15, 0.2) is 27.7 Å². The Balaban J connectivity index is 2.70. The summed E-state index contributed by atoms with van der Waals surface area (Å²) >= 11 is 3.33. The maximum Gasteiger partial charge on any atom is 0.186 e. The van der Waals surface area contributed by atoms with E-state index in [0.29, 0.717) is 12.3 Å². The Labute approximate surface area is 102 Å². The summed E-state index contributed by atoms with van der Waals surface area (Å²) in [6.07, 6.45) is 0. The second-order valence-corrected chi connectivity index (χ2v) is 3.90. The van der Waals surface area contributed by atoms with Gasteiger partial charge in [-0.15, -0.1) is 0 Å². The standard InChI is InChI=1S/C10H13BrFN3O/c11-8-5-7(6-15-10(13)14)1-2-9(8)16-4-3-12/h1-2,5H,3-4,6H2,(H4,13,14,15)/i12-1. The highest BCUT2D eigenvalue weighted by atomic mass is 79.9. The quantitative estimate of drug-likeness (QED) is 0.638. The topological polar surface area (TPSA) is 73.6 Å². The molecule has 0 amide bonds. The molecule has 1 rings (SSSR count). The summed E-state index contributed by atoms with van der Waals surface area (Å²) in [5, 5.41) is 0. The van der Waals surface area contributed by atoms with E-state index in [9.17, 15) is 4.39 Å². The molecular weight excluding hydrogens is 276 g/mol. The van der Waals surface area contributed by atoms with Crippen molar-refractivity contribution in [3.63, 3.8) is 0 Å². The van der Waals surface area contributed by atoms with Crippen molar-refractivity contribution in [3.05, 3.63) is 28.2 Å². The van der Waals surface area contributed by atoms with Crippen molar-refractivity contribution in [3.8, 4) is 5.75 Å². The molecule has 0 saturated heterocycles. The van der Waals surface area contributed by atoms with Gasteiger partial charge in [0.05, 0.1) is 11.0 Å². The summed E-state index contributed by atoms with van der Waals surface area (Å²) in [5.41, 5.74) is 11.4. The van der Waals surface area contributed by atoms with Gasteiger partial charge in [0.2, 0.25) is 0 Å². The Morgan fingerprint density at radius 3 is 2.75 bits per heavy atom. The lowest BCUT2D eigenvalue weighted by atomic mass is 10.2. The third-order valence-electron chi connectivity index (χ3n) is 1.78. The summed E-state index contributed by atoms with van der Waals surface area (Å²) in [4.78, 5) is 3.88. The number of alkyl halides is 1. The number of rotatable bonds is 5. The van der Waals surface area contributed by atoms with Crippen LogP contribution in [0.25, 0.3) is 0 Å². The van der Waals surface area contributed by atoms with E-state index >= 15 is 0 Å². The minimum absolute atomic E-state index is 0.0475. The number of halogens is 2. The number of benzene rings is 1. The van der Waals surface area contributed by atoms with E-state index in [-0.39, 0.29) is 12.6 Å². The molecule has 0 saturated carbocycles. The predicted molar refractivity (Wildman–Crippen MR) is 65.1 cm³/mol. The summed E-state index contributed by atoms with van der Waals surface area (Å²) in [6.45, 7) is -0.0572. The van der Waals surface area contributed by atoms with Crippen LogP contribution in [0.3, 0.4) is 0 Å². The minimum atomic E-state index is -0.512. The molecule has 0 aliphatic heterocycles. The molecule has 0 heterocycles. The first-order valence-electron chi connectivity index (χ1n) is 4.66. The lowest BCUT2D eigenvalue weighted by Crippen LogP contribution is -2.22. The molecule has 0 atom stereocenters. The SMILES string of the molecule is NC(N)=NCc1ccc(OCC[18F])c(Br)c1. The number of aliphatic imine (C=N–C) groups is 1. The van der Waals surface area contributed by atoms with Gasteiger partial charge >= 0.3 is 0 Å². The fourth-order valence-electron chi connectivity index (χ4n) is 1.09. The van der Waals surface area contributed by atoms with Crippen molar-refractivity contribution in [2.24, 2.45) is 16.5 Å². The van der Waals surface area contributed by atoms with Crippen LogP contribution in [-0.4, -0.2) is 19.2 Å². The van der Waals surface area contributed by atoms with Gasteiger partial charge in [0.15, 0.2) is 5.96 Å². The van der Waals surface area contributed by atoms with Crippen LogP contribution in [0, 0.1) is 0 Å². The van der Waals surface area contributed by atoms with Crippen LogP contribution in [0.4, 0.5) is 4.39 Å². The van der Waals surface area contributed by atoms with E-state index in [1.165, 1.54) is 0 Å². The van der Waals surface area contributed by atoms with Crippen molar-refractivity contribution in [2.45, 2.75) is 6.54 Å². The van der Waals surface area contributed by atoms with Crippen LogP contribution in [0.2, 0.25) is 0 Å². The first-order valence-corrected chi connectivity index (χ1v) is 5.45. The Morgan fingerprint density at radius 1 is 1.44 bits per heavy atom. The van der Waals surface area contributed by atoms with Gasteiger partial charge in [0, 0.05) is 0 Å². The van der Waals surface area contributed by atoms with Gasteiger partial charge in [0.25, 0.3) is 0 Å². The molecule has 4 N–H and O–H groups in total. The highest BCUT2D eigenvalue weighted by Gasteiger charge is 2.02. The van der Waals surface area contributed by atoms with Gasteiger partial charge < -0.3 is 16.2 Å². The fraction of sp³-hybridized carbons (Fsp3) is 0.300. The Morgan fingerprint density at radius 2 is 2.19 bits per heavy atom. The third-order valence-corrected chi connectivity index (χ3v) is 2.39. The molecule has 0 aliphatic carbocycles. The van der Waals surface area contributed by atoms with Crippen LogP contribution < -0.4 is 16.2 Å². The molecule has 0 fully saturated rings. The molecule has 0 aromatic heterocycles. The normalized spacial score (nSPS) is 9.88. The molecule has 16 heavy (non-hydrogen) atoms. The van der Waals surface area contributed by atoms with E-state index in [2.05, 4.69) is 20.9 Å². The van der Waals surface area contributed by atoms with E-state index in [1.807, 2.05) is 12.1 Å². The molecule has 1 aromatic rings. The molecule has 0 aliphatic rings. The predicted octanol–water partition coefficient (Wildman–Crippen LogP) is 1.57. The summed E-state index contributed by atoms with van der Waals surface area (Å²) in [6, 6.07) is 5.40. The maximum atomic E-state index is 11.9. The van der Waals surface area contributed by atoms with Crippen molar-refractivity contribution >= 4 is 21.9 Å². The molecular formula is C10H13BrFN3O. The van der Waals surface area contributed by atoms with E-state index in [4.69, 9.17) is 16.2 Å². The van der Waals surface area contributed by atoms with Gasteiger partial charge in [-0.25, -0.2) is 9.38 Å². The Hall–Kier alpha value is -1.30. The Kier molecular flexibility index (Phi) is 5.04. The average molecular weight is 289 g/mol. The molecule has 4 nitrogen and oxygen atoms in total.